The van der Waals surface area contributed by atoms with Gasteiger partial charge in [-0.1, -0.05) is 61.5 Å². The van der Waals surface area contributed by atoms with Crippen LogP contribution in [0.2, 0.25) is 0 Å². The number of aryl methyl sites for hydroxylation is 1. The number of carbonyl (C=O) groups excluding carboxylic acids is 3. The van der Waals surface area contributed by atoms with E-state index in [0.717, 1.165) is 39.7 Å². The number of aromatic nitrogens is 1. The van der Waals surface area contributed by atoms with Crippen molar-refractivity contribution >= 4 is 40.1 Å². The summed E-state index contributed by atoms with van der Waals surface area (Å²) in [6.07, 6.45) is 1.26. The summed E-state index contributed by atoms with van der Waals surface area (Å²) in [4.78, 5) is 48.4. The Hall–Kier alpha value is -5.37. The number of ether oxygens (including phenoxy) is 1. The predicted octanol–water partition coefficient (Wildman–Crippen LogP) is 6.47. The summed E-state index contributed by atoms with van der Waals surface area (Å²) in [6.45, 7) is 2.07. The van der Waals surface area contributed by atoms with Crippen molar-refractivity contribution in [2.24, 2.45) is 0 Å². The van der Waals surface area contributed by atoms with Gasteiger partial charge >= 0.3 is 6.03 Å². The van der Waals surface area contributed by atoms with Gasteiger partial charge in [-0.2, -0.15) is 0 Å². The van der Waals surface area contributed by atoms with Crippen LogP contribution in [-0.2, 0) is 17.6 Å². The molecule has 7 rings (SSSR count). The van der Waals surface area contributed by atoms with Gasteiger partial charge in [0, 0.05) is 28.7 Å². The molecule has 2 aliphatic heterocycles. The molecule has 43 heavy (non-hydrogen) atoms. The van der Waals surface area contributed by atoms with Gasteiger partial charge in [0.25, 0.3) is 11.8 Å². The van der Waals surface area contributed by atoms with Crippen LogP contribution in [0.1, 0.15) is 45.7 Å². The number of anilines is 2. The largest absolute Gasteiger partial charge is 0.497 e. The number of methoxy groups -OCH3 is 1. The highest BCUT2D eigenvalue weighted by Crippen LogP contribution is 2.45. The molecule has 3 heterocycles. The third-order valence-electron chi connectivity index (χ3n) is 8.49. The minimum atomic E-state index is -0.732. The van der Waals surface area contributed by atoms with E-state index in [1.807, 2.05) is 72.8 Å². The first-order valence-electron chi connectivity index (χ1n) is 14.4. The van der Waals surface area contributed by atoms with E-state index >= 15 is 0 Å². The number of nitrogens with one attached hydrogen (secondary N) is 2. The van der Waals surface area contributed by atoms with E-state index < -0.39 is 24.0 Å². The zero-order valence-electron chi connectivity index (χ0n) is 23.8. The third kappa shape index (κ3) is 4.34. The van der Waals surface area contributed by atoms with E-state index in [4.69, 9.17) is 4.74 Å². The molecule has 0 aliphatic carbocycles. The van der Waals surface area contributed by atoms with Crippen LogP contribution in [0.5, 0.6) is 5.75 Å². The number of para-hydroxylation sites is 2. The molecule has 8 nitrogen and oxygen atoms in total. The van der Waals surface area contributed by atoms with Gasteiger partial charge in [-0.05, 0) is 65.6 Å². The van der Waals surface area contributed by atoms with E-state index in [1.54, 1.807) is 36.3 Å². The lowest BCUT2D eigenvalue weighted by atomic mass is 9.89. The second kappa shape index (κ2) is 10.5. The molecule has 5 aromatic rings. The lowest BCUT2D eigenvalue weighted by Gasteiger charge is -2.36. The van der Waals surface area contributed by atoms with Crippen molar-refractivity contribution in [3.05, 3.63) is 125 Å². The lowest BCUT2D eigenvalue weighted by Crippen LogP contribution is -2.44. The second-order valence-corrected chi connectivity index (χ2v) is 10.8. The van der Waals surface area contributed by atoms with E-state index in [9.17, 15) is 14.4 Å². The molecule has 0 bridgehead atoms. The monoisotopic (exact) mass is 570 g/mol. The molecule has 0 saturated carbocycles. The van der Waals surface area contributed by atoms with Crippen molar-refractivity contribution in [3.8, 4) is 5.75 Å². The Morgan fingerprint density at radius 3 is 2.40 bits per heavy atom. The number of hydrogen-bond donors (Lipinski definition) is 2. The van der Waals surface area contributed by atoms with Gasteiger partial charge in [0.05, 0.1) is 18.4 Å². The maximum Gasteiger partial charge on any atom is 0.332 e. The quantitative estimate of drug-likeness (QED) is 0.229. The van der Waals surface area contributed by atoms with E-state index in [1.165, 1.54) is 4.90 Å². The number of carbonyl (C=O) groups is 3. The molecule has 1 fully saturated rings. The average molecular weight is 571 g/mol. The Labute approximate surface area is 248 Å². The standard InChI is InChI=1S/C35H30N4O4/c1-3-21-12-16-23(17-13-21)36-33(40)26-9-5-7-11-29(26)39-34(41)30-20-27-25-8-4-6-10-28(25)37-31(27)32(38(30)35(39)42)22-14-18-24(43-2)19-15-22/h4-19,30,32,37H,3,20H2,1-2H3,(H,36,40). The van der Waals surface area contributed by atoms with Crippen molar-refractivity contribution < 1.29 is 19.1 Å². The van der Waals surface area contributed by atoms with Crippen LogP contribution in [0, 0.1) is 0 Å². The Morgan fingerprint density at radius 1 is 0.930 bits per heavy atom. The molecule has 2 aliphatic rings. The van der Waals surface area contributed by atoms with Gasteiger partial charge in [-0.15, -0.1) is 0 Å². The van der Waals surface area contributed by atoms with Crippen molar-refractivity contribution in [1.82, 2.24) is 9.88 Å². The highest BCUT2D eigenvalue weighted by atomic mass is 16.5. The lowest BCUT2D eigenvalue weighted by molar-refractivity contribution is -0.120. The molecule has 4 amide bonds. The summed E-state index contributed by atoms with van der Waals surface area (Å²) in [5, 5.41) is 3.95. The number of hydrogen-bond acceptors (Lipinski definition) is 4. The van der Waals surface area contributed by atoms with Gasteiger partial charge in [0.1, 0.15) is 17.8 Å². The molecule has 0 spiro atoms. The van der Waals surface area contributed by atoms with Gasteiger partial charge in [0.15, 0.2) is 0 Å². The number of imide groups is 1. The number of H-pyrrole nitrogens is 1. The number of aromatic amines is 1. The van der Waals surface area contributed by atoms with Gasteiger partial charge < -0.3 is 15.0 Å². The fraction of sp³-hybridized carbons (Fsp3) is 0.171. The summed E-state index contributed by atoms with van der Waals surface area (Å²) in [5.41, 5.74) is 6.01. The highest BCUT2D eigenvalue weighted by molar-refractivity contribution is 6.24. The molecule has 8 heteroatoms. The Bertz CT molecular complexity index is 1880. The molecule has 2 atom stereocenters. The topological polar surface area (TPSA) is 94.7 Å². The van der Waals surface area contributed by atoms with Crippen molar-refractivity contribution in [2.45, 2.75) is 31.8 Å². The minimum absolute atomic E-state index is 0.244. The Balaban J connectivity index is 1.29. The molecule has 1 saturated heterocycles. The van der Waals surface area contributed by atoms with Crippen LogP contribution in [0.25, 0.3) is 10.9 Å². The van der Waals surface area contributed by atoms with Crippen molar-refractivity contribution in [2.75, 3.05) is 17.3 Å². The third-order valence-corrected chi connectivity index (χ3v) is 8.49. The first-order valence-corrected chi connectivity index (χ1v) is 14.4. The first-order chi connectivity index (χ1) is 21.0. The zero-order chi connectivity index (χ0) is 29.7. The predicted molar refractivity (Wildman–Crippen MR) is 166 cm³/mol. The normalized spacial score (nSPS) is 17.6. The summed E-state index contributed by atoms with van der Waals surface area (Å²) in [6, 6.07) is 28.2. The molecule has 1 aromatic heterocycles. The van der Waals surface area contributed by atoms with Crippen LogP contribution >= 0.6 is 0 Å². The molecular formula is C35H30N4O4. The molecular weight excluding hydrogens is 540 g/mol. The fourth-order valence-electron chi connectivity index (χ4n) is 6.31. The van der Waals surface area contributed by atoms with Crippen LogP contribution in [0.3, 0.4) is 0 Å². The Morgan fingerprint density at radius 2 is 1.65 bits per heavy atom. The maximum atomic E-state index is 14.3. The number of rotatable bonds is 6. The van der Waals surface area contributed by atoms with E-state index in [0.29, 0.717) is 17.9 Å². The Kier molecular flexibility index (Phi) is 6.46. The minimum Gasteiger partial charge on any atom is -0.497 e. The molecule has 2 N–H and O–H groups in total. The number of fused-ring (bicyclic) bond motifs is 4. The van der Waals surface area contributed by atoms with Crippen LogP contribution in [0.15, 0.2) is 97.1 Å². The molecule has 4 aromatic carbocycles. The number of nitrogens with zero attached hydrogens (tertiary/aromatic N) is 2. The molecule has 214 valence electrons. The maximum absolute atomic E-state index is 14.3. The summed E-state index contributed by atoms with van der Waals surface area (Å²) in [5.74, 6) is -0.0528. The SMILES string of the molecule is CCc1ccc(NC(=O)c2ccccc2N2C(=O)C3Cc4c([nH]c5ccccc45)C(c4ccc(OC)cc4)N3C2=O)cc1. The molecule has 0 radical (unpaired) electrons. The van der Waals surface area contributed by atoms with Crippen LogP contribution in [-0.4, -0.2) is 40.9 Å². The highest BCUT2D eigenvalue weighted by Gasteiger charge is 2.53. The average Bonchev–Trinajstić information content (AvgIpc) is 3.54. The summed E-state index contributed by atoms with van der Waals surface area (Å²) in [7, 11) is 1.61. The first kappa shape index (κ1) is 26.5. The van der Waals surface area contributed by atoms with Crippen molar-refractivity contribution in [3.63, 3.8) is 0 Å². The smallest absolute Gasteiger partial charge is 0.332 e. The van der Waals surface area contributed by atoms with Gasteiger partial charge in [-0.3, -0.25) is 14.5 Å². The van der Waals surface area contributed by atoms with Gasteiger partial charge in [0.2, 0.25) is 0 Å². The second-order valence-electron chi connectivity index (χ2n) is 10.8. The van der Waals surface area contributed by atoms with E-state index in [-0.39, 0.29) is 17.2 Å². The van der Waals surface area contributed by atoms with Crippen molar-refractivity contribution in [1.29, 1.82) is 0 Å². The fourth-order valence-corrected chi connectivity index (χ4v) is 6.31. The number of urea groups is 1. The number of benzene rings is 4. The number of amides is 4. The van der Waals surface area contributed by atoms with Crippen LogP contribution in [0.4, 0.5) is 16.2 Å². The summed E-state index contributed by atoms with van der Waals surface area (Å²) >= 11 is 0. The zero-order valence-corrected chi connectivity index (χ0v) is 23.8. The molecule has 2 unspecified atom stereocenters. The van der Waals surface area contributed by atoms with Crippen LogP contribution < -0.4 is 15.0 Å². The van der Waals surface area contributed by atoms with Gasteiger partial charge in [-0.25, -0.2) is 9.69 Å². The summed E-state index contributed by atoms with van der Waals surface area (Å²) < 4.78 is 5.37. The van der Waals surface area contributed by atoms with E-state index in [2.05, 4.69) is 17.2 Å².